The Labute approximate surface area is 232 Å². The first-order chi connectivity index (χ1) is 19.2. The molecule has 1 aromatic carbocycles. The highest BCUT2D eigenvalue weighted by molar-refractivity contribution is 7.87. The van der Waals surface area contributed by atoms with Gasteiger partial charge in [-0.3, -0.25) is 10.1 Å². The van der Waals surface area contributed by atoms with E-state index in [4.69, 9.17) is 5.11 Å². The van der Waals surface area contributed by atoms with E-state index in [1.54, 1.807) is 0 Å². The van der Waals surface area contributed by atoms with Gasteiger partial charge in [0, 0.05) is 44.6 Å². The lowest BCUT2D eigenvalue weighted by molar-refractivity contribution is 0.0934. The van der Waals surface area contributed by atoms with Gasteiger partial charge in [-0.2, -0.15) is 12.7 Å². The minimum Gasteiger partial charge on any atom is -0.464 e. The minimum absolute atomic E-state index is 0.0110. The Morgan fingerprint density at radius 2 is 1.55 bits per heavy atom. The van der Waals surface area contributed by atoms with Crippen molar-refractivity contribution in [2.45, 2.75) is 38.1 Å². The van der Waals surface area contributed by atoms with Crippen LogP contribution in [-0.4, -0.2) is 96.0 Å². The second-order valence-corrected chi connectivity index (χ2v) is 11.3. The fraction of sp³-hybridized carbons (Fsp3) is 0.480. The Kier molecular flexibility index (Phi) is 9.84. The van der Waals surface area contributed by atoms with Crippen LogP contribution in [0, 0.1) is 0 Å². The molecule has 3 aliphatic rings. The van der Waals surface area contributed by atoms with Gasteiger partial charge < -0.3 is 20.6 Å². The van der Waals surface area contributed by atoms with E-state index in [1.807, 2.05) is 24.3 Å². The number of hydrogen-bond acceptors (Lipinski definition) is 8. The number of benzene rings is 1. The zero-order chi connectivity index (χ0) is 28.5. The average Bonchev–Trinajstić information content (AvgIpc) is 3.36. The molecule has 14 nitrogen and oxygen atoms in total. The summed E-state index contributed by atoms with van der Waals surface area (Å²) in [6.07, 6.45) is 6.64. The molecule has 5 N–H and O–H groups in total. The number of carbonyl (C=O) groups is 3. The van der Waals surface area contributed by atoms with Crippen molar-refractivity contribution in [3.8, 4) is 0 Å². The van der Waals surface area contributed by atoms with Crippen LogP contribution in [0.1, 0.15) is 40.9 Å². The summed E-state index contributed by atoms with van der Waals surface area (Å²) in [6, 6.07) is 7.29. The first-order valence-corrected chi connectivity index (χ1v) is 14.6. The third-order valence-corrected chi connectivity index (χ3v) is 8.29. The first kappa shape index (κ1) is 29.2. The van der Waals surface area contributed by atoms with E-state index in [9.17, 15) is 22.8 Å². The van der Waals surface area contributed by atoms with Crippen molar-refractivity contribution in [2.24, 2.45) is 0 Å². The van der Waals surface area contributed by atoms with E-state index < -0.39 is 28.2 Å². The molecule has 5 rings (SSSR count). The van der Waals surface area contributed by atoms with E-state index in [0.29, 0.717) is 12.8 Å². The maximum absolute atomic E-state index is 12.9. The third-order valence-electron chi connectivity index (χ3n) is 6.81. The lowest BCUT2D eigenvalue weighted by Crippen LogP contribution is -2.54. The molecule has 2 saturated heterocycles. The zero-order valence-electron chi connectivity index (χ0n) is 22.0. The number of rotatable bonds is 5. The van der Waals surface area contributed by atoms with Crippen molar-refractivity contribution < 1.29 is 27.9 Å². The van der Waals surface area contributed by atoms with Crippen LogP contribution in [0.2, 0.25) is 0 Å². The molecule has 15 heteroatoms. The van der Waals surface area contributed by atoms with Crippen LogP contribution in [0.25, 0.3) is 0 Å². The van der Waals surface area contributed by atoms with Crippen LogP contribution in [-0.2, 0) is 23.1 Å². The van der Waals surface area contributed by atoms with E-state index >= 15 is 0 Å². The Balaban J connectivity index is 0.000000546. The van der Waals surface area contributed by atoms with Gasteiger partial charge in [-0.25, -0.2) is 24.3 Å². The number of aromatic nitrogens is 2. The van der Waals surface area contributed by atoms with Gasteiger partial charge in [0.05, 0.1) is 0 Å². The quantitative estimate of drug-likeness (QED) is 0.344. The van der Waals surface area contributed by atoms with Crippen molar-refractivity contribution in [1.82, 2.24) is 34.5 Å². The van der Waals surface area contributed by atoms with Crippen LogP contribution in [0.4, 0.5) is 15.4 Å². The molecule has 0 bridgehead atoms. The highest BCUT2D eigenvalue weighted by atomic mass is 32.2. The molecule has 40 heavy (non-hydrogen) atoms. The van der Waals surface area contributed by atoms with Crippen molar-refractivity contribution in [1.29, 1.82) is 0 Å². The number of anilines is 1. The van der Waals surface area contributed by atoms with Gasteiger partial charge in [-0.15, -0.1) is 0 Å². The lowest BCUT2D eigenvalue weighted by Gasteiger charge is -2.33. The molecule has 4 amide bonds. The lowest BCUT2D eigenvalue weighted by atomic mass is 10.1. The maximum atomic E-state index is 12.9. The molecule has 1 aliphatic carbocycles. The summed E-state index contributed by atoms with van der Waals surface area (Å²) in [6.45, 7) is 2.36. The Hall–Kier alpha value is -3.82. The number of urea groups is 1. The number of amides is 4. The van der Waals surface area contributed by atoms with Gasteiger partial charge in [-0.05, 0) is 49.9 Å². The normalized spacial score (nSPS) is 17.6. The molecule has 3 heterocycles. The molecule has 2 aromatic rings. The molecular weight excluding hydrogens is 540 g/mol. The SMILES string of the molecule is C1CCNCC1.O=C(O)NS(=O)(=O)N1CCN(C(=O)Nc2nccnc2C(=O)NC2Cc3ccccc3C2)CC1. The van der Waals surface area contributed by atoms with Gasteiger partial charge in [0.1, 0.15) is 0 Å². The smallest absolute Gasteiger partial charge is 0.419 e. The molecule has 216 valence electrons. The summed E-state index contributed by atoms with van der Waals surface area (Å²) in [5, 5.41) is 17.4. The number of hydrogen-bond donors (Lipinski definition) is 5. The second-order valence-electron chi connectivity index (χ2n) is 9.64. The van der Waals surface area contributed by atoms with Crippen molar-refractivity contribution in [2.75, 3.05) is 44.6 Å². The zero-order valence-corrected chi connectivity index (χ0v) is 22.8. The van der Waals surface area contributed by atoms with E-state index in [2.05, 4.69) is 25.9 Å². The van der Waals surface area contributed by atoms with Gasteiger partial charge in [0.15, 0.2) is 11.5 Å². The van der Waals surface area contributed by atoms with Crippen molar-refractivity contribution in [3.05, 3.63) is 53.5 Å². The number of carboxylic acid groups (broad SMARTS) is 1. The topological polar surface area (TPSA) is 186 Å². The first-order valence-electron chi connectivity index (χ1n) is 13.2. The van der Waals surface area contributed by atoms with Crippen LogP contribution in [0.5, 0.6) is 0 Å². The summed E-state index contributed by atoms with van der Waals surface area (Å²) < 4.78 is 26.3. The predicted molar refractivity (Wildman–Crippen MR) is 146 cm³/mol. The summed E-state index contributed by atoms with van der Waals surface area (Å²) >= 11 is 0. The number of fused-ring (bicyclic) bond motifs is 1. The molecule has 0 spiro atoms. The van der Waals surface area contributed by atoms with Gasteiger partial charge in [-0.1, -0.05) is 30.7 Å². The largest absolute Gasteiger partial charge is 0.464 e. The molecule has 0 saturated carbocycles. The summed E-state index contributed by atoms with van der Waals surface area (Å²) in [7, 11) is -4.19. The third kappa shape index (κ3) is 7.86. The van der Waals surface area contributed by atoms with E-state index in [-0.39, 0.29) is 43.7 Å². The molecule has 2 aliphatic heterocycles. The fourth-order valence-electron chi connectivity index (χ4n) is 4.80. The molecule has 0 radical (unpaired) electrons. The summed E-state index contributed by atoms with van der Waals surface area (Å²) in [4.78, 5) is 45.7. The minimum atomic E-state index is -4.19. The highest BCUT2D eigenvalue weighted by Gasteiger charge is 2.31. The molecule has 2 fully saturated rings. The van der Waals surface area contributed by atoms with Gasteiger partial charge in [0.2, 0.25) is 0 Å². The predicted octanol–water partition coefficient (Wildman–Crippen LogP) is 0.796. The van der Waals surface area contributed by atoms with Crippen LogP contribution < -0.4 is 20.7 Å². The molecular formula is C25H34N8O6S. The average molecular weight is 575 g/mol. The molecule has 0 unspecified atom stereocenters. The Bertz CT molecular complexity index is 1280. The number of carbonyl (C=O) groups excluding carboxylic acids is 2. The van der Waals surface area contributed by atoms with Gasteiger partial charge in [0.25, 0.3) is 5.91 Å². The number of piperidine rings is 1. The maximum Gasteiger partial charge on any atom is 0.419 e. The summed E-state index contributed by atoms with van der Waals surface area (Å²) in [5.74, 6) is -0.472. The molecule has 0 atom stereocenters. The molecule has 1 aromatic heterocycles. The highest BCUT2D eigenvalue weighted by Crippen LogP contribution is 2.22. The number of piperazine rings is 1. The van der Waals surface area contributed by atoms with E-state index in [1.165, 1.54) is 65.5 Å². The number of nitrogens with zero attached hydrogens (tertiary/aromatic N) is 4. The van der Waals surface area contributed by atoms with Crippen LogP contribution in [0.3, 0.4) is 0 Å². The Morgan fingerprint density at radius 1 is 0.925 bits per heavy atom. The second kappa shape index (κ2) is 13.5. The van der Waals surface area contributed by atoms with Gasteiger partial charge >= 0.3 is 22.3 Å². The van der Waals surface area contributed by atoms with Crippen molar-refractivity contribution >= 4 is 34.1 Å². The van der Waals surface area contributed by atoms with E-state index in [0.717, 1.165) is 4.31 Å². The standard InChI is InChI=1S/C20H23N7O6S.C5H11N/c28-18(23-15-11-13-3-1-2-4-14(13)12-15)16-17(22-6-5-21-16)24-19(29)26-7-9-27(10-8-26)34(32,33)25-20(30)31;1-2-4-6-5-3-1/h1-6,15,25H,7-12H2,(H,23,28)(H,30,31)(H,22,24,29);6H,1-5H2. The van der Waals surface area contributed by atoms with Crippen LogP contribution >= 0.6 is 0 Å². The Morgan fingerprint density at radius 3 is 2.10 bits per heavy atom. The monoisotopic (exact) mass is 574 g/mol. The fourth-order valence-corrected chi connectivity index (χ4v) is 5.79. The van der Waals surface area contributed by atoms with Crippen molar-refractivity contribution in [3.63, 3.8) is 0 Å². The van der Waals surface area contributed by atoms with Crippen LogP contribution in [0.15, 0.2) is 36.7 Å². The summed E-state index contributed by atoms with van der Waals surface area (Å²) in [5.41, 5.74) is 2.33. The number of nitrogens with one attached hydrogen (secondary N) is 4.